The van der Waals surface area contributed by atoms with E-state index in [0.717, 1.165) is 6.21 Å². The third-order valence-corrected chi connectivity index (χ3v) is 3.17. The first-order valence-corrected chi connectivity index (χ1v) is 6.95. The summed E-state index contributed by atoms with van der Waals surface area (Å²) in [7, 11) is 0. The number of benzene rings is 1. The smallest absolute Gasteiger partial charge is 0.317 e. The minimum absolute atomic E-state index is 0.303. The van der Waals surface area contributed by atoms with Crippen LogP contribution in [-0.2, 0) is 4.79 Å². The zero-order chi connectivity index (χ0) is 17.7. The van der Waals surface area contributed by atoms with Gasteiger partial charge in [-0.15, -0.1) is 5.10 Å². The predicted molar refractivity (Wildman–Crippen MR) is 80.8 cm³/mol. The minimum atomic E-state index is -1.81. The molecule has 1 aromatic rings. The van der Waals surface area contributed by atoms with Crippen LogP contribution < -0.4 is 10.7 Å². The normalized spacial score (nSPS) is 20.9. The van der Waals surface area contributed by atoms with Crippen LogP contribution in [0, 0.1) is 0 Å². The number of rotatable bonds is 6. The van der Waals surface area contributed by atoms with E-state index in [0.29, 0.717) is 10.7 Å². The molecule has 0 radical (unpaired) electrons. The van der Waals surface area contributed by atoms with Crippen LogP contribution in [0.15, 0.2) is 44.5 Å². The fourth-order valence-corrected chi connectivity index (χ4v) is 1.82. The monoisotopic (exact) mass is 336 g/mol. The first-order valence-electron chi connectivity index (χ1n) is 6.95. The Balaban J connectivity index is 2.11. The second-order valence-corrected chi connectivity index (χ2v) is 4.93. The van der Waals surface area contributed by atoms with E-state index in [1.165, 1.54) is 0 Å². The molecule has 0 saturated heterocycles. The Hall–Kier alpha value is -2.37. The molecule has 0 saturated carbocycles. The Morgan fingerprint density at radius 1 is 1.04 bits per heavy atom. The van der Waals surface area contributed by atoms with Gasteiger partial charge in [0.1, 0.15) is 24.4 Å². The summed E-state index contributed by atoms with van der Waals surface area (Å²) in [5.74, 6) is -1.01. The van der Waals surface area contributed by atoms with E-state index in [9.17, 15) is 25.2 Å². The van der Waals surface area contributed by atoms with Gasteiger partial charge in [-0.1, -0.05) is 12.1 Å². The third-order valence-electron chi connectivity index (χ3n) is 3.17. The van der Waals surface area contributed by atoms with Crippen molar-refractivity contribution in [1.82, 2.24) is 0 Å². The topological polar surface area (TPSA) is 168 Å². The molecule has 10 nitrogen and oxygen atoms in total. The largest absolute Gasteiger partial charge is 0.394 e. The van der Waals surface area contributed by atoms with Gasteiger partial charge in [0.25, 0.3) is 0 Å². The molecule has 0 fully saturated rings. The van der Waals surface area contributed by atoms with Crippen molar-refractivity contribution < 1.29 is 30.3 Å². The van der Waals surface area contributed by atoms with Gasteiger partial charge in [-0.3, -0.25) is 4.79 Å². The average molecular weight is 336 g/mol. The molecule has 1 heterocycles. The zero-order valence-corrected chi connectivity index (χ0v) is 12.3. The Bertz CT molecular complexity index is 778. The molecule has 0 spiro atoms. The molecule has 0 aromatic heterocycles. The Labute approximate surface area is 135 Å². The van der Waals surface area contributed by atoms with Crippen molar-refractivity contribution in [3.63, 3.8) is 0 Å². The minimum Gasteiger partial charge on any atom is -0.394 e. The van der Waals surface area contributed by atoms with Crippen LogP contribution in [0.4, 0.5) is 0 Å². The van der Waals surface area contributed by atoms with E-state index in [-0.39, 0.29) is 5.84 Å². The molecule has 1 amide bonds. The van der Waals surface area contributed by atoms with Gasteiger partial charge >= 0.3 is 5.91 Å². The summed E-state index contributed by atoms with van der Waals surface area (Å²) in [6.45, 7) is -0.793. The molecule has 0 aliphatic carbocycles. The number of carbonyl (C=O) groups is 1. The first kappa shape index (κ1) is 18.0. The number of nitrogens with zero attached hydrogens (tertiary/aromatic N) is 4. The van der Waals surface area contributed by atoms with Crippen molar-refractivity contribution in [2.45, 2.75) is 24.4 Å². The van der Waals surface area contributed by atoms with Gasteiger partial charge in [0, 0.05) is 0 Å². The number of para-hydroxylation sites is 2. The van der Waals surface area contributed by atoms with E-state index >= 15 is 0 Å². The summed E-state index contributed by atoms with van der Waals surface area (Å²) in [6, 6.07) is 6.66. The summed E-state index contributed by atoms with van der Waals surface area (Å²) in [6.07, 6.45) is -6.14. The number of amidine groups is 1. The maximum atomic E-state index is 11.7. The number of aliphatic hydroxyl groups is 5. The lowest BCUT2D eigenvalue weighted by molar-refractivity contribution is -0.112. The van der Waals surface area contributed by atoms with Gasteiger partial charge in [0.15, 0.2) is 0 Å². The van der Waals surface area contributed by atoms with Gasteiger partial charge in [-0.05, 0) is 12.1 Å². The van der Waals surface area contributed by atoms with Crippen molar-refractivity contribution in [3.05, 3.63) is 35.0 Å². The molecule has 1 aliphatic heterocycles. The summed E-state index contributed by atoms with van der Waals surface area (Å²) < 4.78 is 0. The Kier molecular flexibility index (Phi) is 5.95. The van der Waals surface area contributed by atoms with Crippen LogP contribution in [-0.4, -0.2) is 74.5 Å². The molecule has 2 rings (SSSR count). The number of fused-ring (bicyclic) bond motifs is 1. The fourth-order valence-electron chi connectivity index (χ4n) is 1.82. The highest BCUT2D eigenvalue weighted by molar-refractivity contribution is 6.39. The third kappa shape index (κ3) is 4.13. The molecular weight excluding hydrogens is 320 g/mol. The lowest BCUT2D eigenvalue weighted by atomic mass is 10.0. The van der Waals surface area contributed by atoms with E-state index in [2.05, 4.69) is 20.2 Å². The van der Waals surface area contributed by atoms with Gasteiger partial charge in [-0.25, -0.2) is 9.98 Å². The molecular formula is C14H16N4O6. The van der Waals surface area contributed by atoms with Gasteiger partial charge in [0.2, 0.25) is 5.84 Å². The van der Waals surface area contributed by atoms with Crippen LogP contribution in [0.25, 0.3) is 0 Å². The van der Waals surface area contributed by atoms with Crippen LogP contribution in [0.2, 0.25) is 0 Å². The number of hydrogen-bond acceptors (Lipinski definition) is 8. The number of aliphatic hydroxyl groups excluding tert-OH is 5. The summed E-state index contributed by atoms with van der Waals surface area (Å²) >= 11 is 0. The molecule has 10 heteroatoms. The van der Waals surface area contributed by atoms with Crippen LogP contribution in [0.1, 0.15) is 0 Å². The second-order valence-electron chi connectivity index (χ2n) is 4.93. The average Bonchev–Trinajstić information content (AvgIpc) is 2.59. The van der Waals surface area contributed by atoms with Crippen molar-refractivity contribution in [1.29, 1.82) is 0 Å². The van der Waals surface area contributed by atoms with E-state index < -0.39 is 36.9 Å². The van der Waals surface area contributed by atoms with Gasteiger partial charge in [-0.2, -0.15) is 5.10 Å². The molecule has 24 heavy (non-hydrogen) atoms. The molecule has 1 aromatic carbocycles. The number of carbonyl (C=O) groups excluding carboxylic acids is 1. The summed E-state index contributed by atoms with van der Waals surface area (Å²) in [5, 5.41) is 54.3. The second kappa shape index (κ2) is 7.95. The van der Waals surface area contributed by atoms with E-state index in [1.54, 1.807) is 24.3 Å². The SMILES string of the molecule is O=C1N=c2ccccc2=N/C1=N/N=C/C(O)C(O)C(O)C(O)CO. The van der Waals surface area contributed by atoms with Crippen molar-refractivity contribution in [2.75, 3.05) is 6.61 Å². The molecule has 4 unspecified atom stereocenters. The summed E-state index contributed by atoms with van der Waals surface area (Å²) in [4.78, 5) is 19.5. The number of hydrogen-bond donors (Lipinski definition) is 5. The Morgan fingerprint density at radius 3 is 2.29 bits per heavy atom. The lowest BCUT2D eigenvalue weighted by Crippen LogP contribution is -2.46. The zero-order valence-electron chi connectivity index (χ0n) is 12.3. The van der Waals surface area contributed by atoms with Gasteiger partial charge in [0.05, 0.1) is 23.5 Å². The van der Waals surface area contributed by atoms with Crippen LogP contribution >= 0.6 is 0 Å². The van der Waals surface area contributed by atoms with Crippen LogP contribution in [0.3, 0.4) is 0 Å². The fraction of sp³-hybridized carbons (Fsp3) is 0.357. The lowest BCUT2D eigenvalue weighted by Gasteiger charge is -2.23. The molecule has 5 N–H and O–H groups in total. The quantitative estimate of drug-likeness (QED) is 0.264. The predicted octanol–water partition coefficient (Wildman–Crippen LogP) is -3.71. The first-order chi connectivity index (χ1) is 11.4. The van der Waals surface area contributed by atoms with E-state index in [4.69, 9.17) is 5.11 Å². The highest BCUT2D eigenvalue weighted by Gasteiger charge is 2.29. The standard InChI is InChI=1S/C14H16N4O6/c19-6-10(21)12(23)11(22)9(20)5-15-18-13-14(24)17-8-4-2-1-3-7(8)16-13/h1-5,9-12,19-23H,6H2/b15-5+,18-13+. The summed E-state index contributed by atoms with van der Waals surface area (Å²) in [5.41, 5.74) is 0. The molecule has 4 atom stereocenters. The van der Waals surface area contributed by atoms with Crippen LogP contribution in [0.5, 0.6) is 0 Å². The Morgan fingerprint density at radius 2 is 1.67 bits per heavy atom. The highest BCUT2D eigenvalue weighted by atomic mass is 16.4. The van der Waals surface area contributed by atoms with Crippen molar-refractivity contribution in [3.8, 4) is 0 Å². The van der Waals surface area contributed by atoms with Crippen molar-refractivity contribution in [2.24, 2.45) is 20.2 Å². The molecule has 0 bridgehead atoms. The molecule has 128 valence electrons. The maximum Gasteiger partial charge on any atom is 0.317 e. The maximum absolute atomic E-state index is 11.7. The van der Waals surface area contributed by atoms with Gasteiger partial charge < -0.3 is 25.5 Å². The van der Waals surface area contributed by atoms with E-state index in [1.807, 2.05) is 0 Å². The van der Waals surface area contributed by atoms with Crippen molar-refractivity contribution >= 4 is 18.0 Å². The molecule has 1 aliphatic rings. The highest BCUT2D eigenvalue weighted by Crippen LogP contribution is 2.04. The number of amides is 1.